The number of aryl methyl sites for hydroxylation is 1. The van der Waals surface area contributed by atoms with E-state index in [0.29, 0.717) is 6.42 Å². The number of carboxylic acid groups (broad SMARTS) is 1. The van der Waals surface area contributed by atoms with E-state index in [2.05, 4.69) is 0 Å². The van der Waals surface area contributed by atoms with Crippen LogP contribution in [0, 0.1) is 12.8 Å². The molecule has 3 atom stereocenters. The summed E-state index contributed by atoms with van der Waals surface area (Å²) in [7, 11) is -3.86. The average molecular weight is 367 g/mol. The van der Waals surface area contributed by atoms with Gasteiger partial charge < -0.3 is 10.0 Å². The fourth-order valence-electron chi connectivity index (χ4n) is 3.49. The molecule has 25 heavy (non-hydrogen) atoms. The Hall–Kier alpha value is -1.89. The third kappa shape index (κ3) is 3.71. The van der Waals surface area contributed by atoms with Gasteiger partial charge in [-0.25, -0.2) is 13.2 Å². The Balaban J connectivity index is 2.44. The van der Waals surface area contributed by atoms with E-state index < -0.39 is 38.9 Å². The number of hydrogen-bond acceptors (Lipinski definition) is 4. The molecule has 1 heterocycles. The maximum Gasteiger partial charge on any atom is 0.326 e. The van der Waals surface area contributed by atoms with Crippen molar-refractivity contribution in [3.63, 3.8) is 0 Å². The Morgan fingerprint density at radius 2 is 1.88 bits per heavy atom. The molecular formula is C18H25NO5S. The molecule has 2 unspecified atom stereocenters. The number of nitrogens with zero attached hydrogens (tertiary/aromatic N) is 1. The van der Waals surface area contributed by atoms with Gasteiger partial charge in [0.1, 0.15) is 11.3 Å². The van der Waals surface area contributed by atoms with E-state index in [0.717, 1.165) is 12.0 Å². The van der Waals surface area contributed by atoms with Crippen LogP contribution >= 0.6 is 0 Å². The molecule has 2 rings (SSSR count). The first-order chi connectivity index (χ1) is 11.7. The second-order valence-corrected chi connectivity index (χ2v) is 8.65. The van der Waals surface area contributed by atoms with E-state index in [-0.39, 0.29) is 17.9 Å². The van der Waals surface area contributed by atoms with Crippen molar-refractivity contribution in [1.29, 1.82) is 0 Å². The zero-order valence-electron chi connectivity index (χ0n) is 14.8. The summed E-state index contributed by atoms with van der Waals surface area (Å²) in [5, 5.41) is 8.16. The van der Waals surface area contributed by atoms with Gasteiger partial charge in [-0.1, -0.05) is 38.0 Å². The van der Waals surface area contributed by atoms with Gasteiger partial charge in [0, 0.05) is 12.5 Å². The molecule has 1 aliphatic heterocycles. The van der Waals surface area contributed by atoms with Crippen LogP contribution in [0.25, 0.3) is 0 Å². The van der Waals surface area contributed by atoms with Crippen LogP contribution in [0.4, 0.5) is 0 Å². The van der Waals surface area contributed by atoms with Gasteiger partial charge in [-0.15, -0.1) is 0 Å². The highest BCUT2D eigenvalue weighted by molar-refractivity contribution is 7.92. The molecule has 0 aromatic heterocycles. The number of sulfone groups is 1. The number of amides is 1. The predicted octanol–water partition coefficient (Wildman–Crippen LogP) is 2.26. The minimum absolute atomic E-state index is 0.114. The van der Waals surface area contributed by atoms with Gasteiger partial charge in [0.15, 0.2) is 9.84 Å². The molecule has 0 aliphatic carbocycles. The number of carbonyl (C=O) groups is 2. The summed E-state index contributed by atoms with van der Waals surface area (Å²) in [6.07, 6.45) is 1.54. The number of carbonyl (C=O) groups excluding carboxylic acids is 1. The zero-order chi connectivity index (χ0) is 18.8. The van der Waals surface area contributed by atoms with E-state index in [4.69, 9.17) is 0 Å². The molecule has 7 heteroatoms. The molecule has 1 aliphatic rings. The number of rotatable bonds is 7. The lowest BCUT2D eigenvalue weighted by Crippen LogP contribution is -2.44. The van der Waals surface area contributed by atoms with Crippen molar-refractivity contribution < 1.29 is 23.1 Å². The quantitative estimate of drug-likeness (QED) is 0.798. The monoisotopic (exact) mass is 367 g/mol. The molecule has 1 aromatic rings. The molecule has 0 saturated carbocycles. The standard InChI is InChI=1S/C18H25NO5S/c1-4-6-13-11-19(15(5-2)18(21)22)17(20)16(13)25(23,24)14-9-7-12(3)8-10-14/h7-10,13,15-16H,4-6,11H2,1-3H3,(H,21,22)/t13-,15?,16?/m0/s1. The van der Waals surface area contributed by atoms with Crippen LogP contribution in [-0.4, -0.2) is 48.1 Å². The van der Waals surface area contributed by atoms with E-state index >= 15 is 0 Å². The maximum absolute atomic E-state index is 13.1. The Bertz CT molecular complexity index is 741. The molecule has 1 saturated heterocycles. The molecule has 1 aromatic carbocycles. The zero-order valence-corrected chi connectivity index (χ0v) is 15.6. The van der Waals surface area contributed by atoms with Crippen LogP contribution in [0.5, 0.6) is 0 Å². The highest BCUT2D eigenvalue weighted by Gasteiger charge is 2.50. The summed E-state index contributed by atoms with van der Waals surface area (Å²) in [5.41, 5.74) is 0.931. The summed E-state index contributed by atoms with van der Waals surface area (Å²) in [4.78, 5) is 25.7. The van der Waals surface area contributed by atoms with Crippen molar-refractivity contribution >= 4 is 21.7 Å². The lowest BCUT2D eigenvalue weighted by atomic mass is 10.0. The normalized spacial score (nSPS) is 22.2. The second kappa shape index (κ2) is 7.56. The number of hydrogen-bond donors (Lipinski definition) is 1. The minimum Gasteiger partial charge on any atom is -0.480 e. The van der Waals surface area contributed by atoms with Crippen LogP contribution < -0.4 is 0 Å². The predicted molar refractivity (Wildman–Crippen MR) is 94.0 cm³/mol. The maximum atomic E-state index is 13.1. The minimum atomic E-state index is -3.86. The number of likely N-dealkylation sites (tertiary alicyclic amines) is 1. The van der Waals surface area contributed by atoms with Crippen molar-refractivity contribution in [2.75, 3.05) is 6.54 Å². The lowest BCUT2D eigenvalue weighted by molar-refractivity contribution is -0.148. The summed E-state index contributed by atoms with van der Waals surface area (Å²) in [6.45, 7) is 5.64. The summed E-state index contributed by atoms with van der Waals surface area (Å²) in [5.74, 6) is -2.08. The first-order valence-corrected chi connectivity index (χ1v) is 10.1. The van der Waals surface area contributed by atoms with Crippen LogP contribution in [0.2, 0.25) is 0 Å². The van der Waals surface area contributed by atoms with Gasteiger partial charge in [-0.05, 0) is 31.9 Å². The Morgan fingerprint density at radius 3 is 2.36 bits per heavy atom. The number of benzene rings is 1. The molecule has 1 N–H and O–H groups in total. The Morgan fingerprint density at radius 1 is 1.28 bits per heavy atom. The summed E-state index contributed by atoms with van der Waals surface area (Å²) >= 11 is 0. The molecule has 1 amide bonds. The van der Waals surface area contributed by atoms with Gasteiger partial charge in [-0.3, -0.25) is 4.79 Å². The lowest BCUT2D eigenvalue weighted by Gasteiger charge is -2.23. The molecule has 0 radical (unpaired) electrons. The van der Waals surface area contributed by atoms with Crippen LogP contribution in [0.1, 0.15) is 38.7 Å². The fourth-order valence-corrected chi connectivity index (χ4v) is 5.43. The largest absolute Gasteiger partial charge is 0.480 e. The van der Waals surface area contributed by atoms with Crippen molar-refractivity contribution in [1.82, 2.24) is 4.90 Å². The van der Waals surface area contributed by atoms with Crippen molar-refractivity contribution in [3.8, 4) is 0 Å². The van der Waals surface area contributed by atoms with E-state index in [1.165, 1.54) is 17.0 Å². The van der Waals surface area contributed by atoms with E-state index in [9.17, 15) is 23.1 Å². The van der Waals surface area contributed by atoms with Gasteiger partial charge in [0.25, 0.3) is 0 Å². The smallest absolute Gasteiger partial charge is 0.326 e. The van der Waals surface area contributed by atoms with Crippen LogP contribution in [-0.2, 0) is 19.4 Å². The average Bonchev–Trinajstić information content (AvgIpc) is 2.85. The van der Waals surface area contributed by atoms with E-state index in [1.54, 1.807) is 19.1 Å². The SMILES string of the molecule is CCC[C@H]1CN(C(CC)C(=O)O)C(=O)C1S(=O)(=O)c1ccc(C)cc1. The van der Waals surface area contributed by atoms with Crippen molar-refractivity contribution in [2.45, 2.75) is 56.2 Å². The van der Waals surface area contributed by atoms with Gasteiger partial charge >= 0.3 is 5.97 Å². The Labute approximate surface area is 148 Å². The highest BCUT2D eigenvalue weighted by Crippen LogP contribution is 2.34. The van der Waals surface area contributed by atoms with Crippen LogP contribution in [0.15, 0.2) is 29.2 Å². The highest BCUT2D eigenvalue weighted by atomic mass is 32.2. The summed E-state index contributed by atoms with van der Waals surface area (Å²) < 4.78 is 26.1. The first kappa shape index (κ1) is 19.4. The van der Waals surface area contributed by atoms with E-state index in [1.807, 2.05) is 13.8 Å². The topological polar surface area (TPSA) is 91.8 Å². The third-order valence-corrected chi connectivity index (χ3v) is 6.96. The molecule has 0 bridgehead atoms. The van der Waals surface area contributed by atoms with Gasteiger partial charge in [0.2, 0.25) is 5.91 Å². The van der Waals surface area contributed by atoms with Crippen LogP contribution in [0.3, 0.4) is 0 Å². The molecular weight excluding hydrogens is 342 g/mol. The van der Waals surface area contributed by atoms with Gasteiger partial charge in [0.05, 0.1) is 4.90 Å². The molecule has 1 fully saturated rings. The fraction of sp³-hybridized carbons (Fsp3) is 0.556. The van der Waals surface area contributed by atoms with Crippen molar-refractivity contribution in [2.24, 2.45) is 5.92 Å². The molecule has 6 nitrogen and oxygen atoms in total. The van der Waals surface area contributed by atoms with Crippen molar-refractivity contribution in [3.05, 3.63) is 29.8 Å². The first-order valence-electron chi connectivity index (χ1n) is 8.57. The Kier molecular flexibility index (Phi) is 5.87. The molecule has 0 spiro atoms. The second-order valence-electron chi connectivity index (χ2n) is 6.58. The third-order valence-electron chi connectivity index (χ3n) is 4.78. The number of aliphatic carboxylic acids is 1. The van der Waals surface area contributed by atoms with Gasteiger partial charge in [-0.2, -0.15) is 0 Å². The molecule has 138 valence electrons. The number of carboxylic acids is 1. The summed E-state index contributed by atoms with van der Waals surface area (Å²) in [6, 6.07) is 5.44.